The van der Waals surface area contributed by atoms with Crippen LogP contribution in [0.1, 0.15) is 38.2 Å². The first-order valence-corrected chi connectivity index (χ1v) is 8.20. The van der Waals surface area contributed by atoms with Crippen molar-refractivity contribution in [3.05, 3.63) is 33.3 Å². The van der Waals surface area contributed by atoms with Gasteiger partial charge in [0.2, 0.25) is 0 Å². The first-order chi connectivity index (χ1) is 9.10. The van der Waals surface area contributed by atoms with Crippen LogP contribution in [-0.2, 0) is 6.54 Å². The fraction of sp³-hybridized carbons (Fsp3) is 0.600. The second-order valence-electron chi connectivity index (χ2n) is 5.38. The van der Waals surface area contributed by atoms with Gasteiger partial charge in [-0.2, -0.15) is 0 Å². The average molecular weight is 346 g/mol. The van der Waals surface area contributed by atoms with Crippen molar-refractivity contribution in [2.45, 2.75) is 51.2 Å². The van der Waals surface area contributed by atoms with Crippen LogP contribution in [-0.4, -0.2) is 23.5 Å². The van der Waals surface area contributed by atoms with Crippen molar-refractivity contribution >= 4 is 27.5 Å². The van der Waals surface area contributed by atoms with E-state index in [-0.39, 0.29) is 0 Å². The molecular weight excluding hydrogens is 324 g/mol. The van der Waals surface area contributed by atoms with Crippen molar-refractivity contribution in [2.24, 2.45) is 5.73 Å². The first-order valence-electron chi connectivity index (χ1n) is 7.03. The molecule has 1 aliphatic carbocycles. The molecule has 0 spiro atoms. The lowest BCUT2D eigenvalue weighted by atomic mass is 9.90. The summed E-state index contributed by atoms with van der Waals surface area (Å²) in [6.07, 6.45) is 4.77. The first kappa shape index (κ1) is 15.3. The lowest BCUT2D eigenvalue weighted by molar-refractivity contribution is 0.149. The minimum absolute atomic E-state index is 0.416. The monoisotopic (exact) mass is 344 g/mol. The number of nitrogens with two attached hydrogens (primary N) is 1. The van der Waals surface area contributed by atoms with Crippen molar-refractivity contribution in [2.75, 3.05) is 6.54 Å². The highest BCUT2D eigenvalue weighted by Gasteiger charge is 2.23. The molecule has 0 aliphatic heterocycles. The normalized spacial score (nSPS) is 23.8. The molecule has 0 radical (unpaired) electrons. The summed E-state index contributed by atoms with van der Waals surface area (Å²) in [5.41, 5.74) is 7.30. The van der Waals surface area contributed by atoms with Crippen LogP contribution in [0.4, 0.5) is 0 Å². The van der Waals surface area contributed by atoms with Crippen molar-refractivity contribution in [1.82, 2.24) is 4.90 Å². The van der Waals surface area contributed by atoms with Crippen LogP contribution >= 0.6 is 27.5 Å². The number of hydrogen-bond donors (Lipinski definition) is 1. The highest BCUT2D eigenvalue weighted by molar-refractivity contribution is 9.10. The fourth-order valence-electron chi connectivity index (χ4n) is 2.84. The summed E-state index contributed by atoms with van der Waals surface area (Å²) in [6.45, 7) is 4.31. The molecular formula is C15H22BrClN2. The van der Waals surface area contributed by atoms with Gasteiger partial charge in [0.15, 0.2) is 0 Å². The lowest BCUT2D eigenvalue weighted by Crippen LogP contribution is -2.40. The molecule has 1 fully saturated rings. The van der Waals surface area contributed by atoms with E-state index in [0.717, 1.165) is 35.4 Å². The summed E-state index contributed by atoms with van der Waals surface area (Å²) >= 11 is 9.54. The molecule has 1 aliphatic rings. The largest absolute Gasteiger partial charge is 0.328 e. The topological polar surface area (TPSA) is 29.3 Å². The maximum Gasteiger partial charge on any atom is 0.0548 e. The second-order valence-corrected chi connectivity index (χ2v) is 6.64. The smallest absolute Gasteiger partial charge is 0.0548 e. The summed E-state index contributed by atoms with van der Waals surface area (Å²) in [7, 11) is 0. The van der Waals surface area contributed by atoms with Gasteiger partial charge in [0, 0.05) is 23.1 Å². The molecule has 0 heterocycles. The molecule has 1 aromatic carbocycles. The number of rotatable bonds is 4. The molecule has 1 saturated carbocycles. The van der Waals surface area contributed by atoms with E-state index in [0.29, 0.717) is 12.1 Å². The zero-order valence-electron chi connectivity index (χ0n) is 11.4. The molecule has 1 aromatic rings. The Morgan fingerprint density at radius 1 is 1.32 bits per heavy atom. The zero-order chi connectivity index (χ0) is 13.8. The van der Waals surface area contributed by atoms with Crippen molar-refractivity contribution in [3.63, 3.8) is 0 Å². The Balaban J connectivity index is 2.00. The van der Waals surface area contributed by atoms with Gasteiger partial charge in [0.25, 0.3) is 0 Å². The third-order valence-corrected chi connectivity index (χ3v) is 5.25. The molecule has 2 N–H and O–H groups in total. The van der Waals surface area contributed by atoms with Crippen molar-refractivity contribution in [1.29, 1.82) is 0 Å². The Morgan fingerprint density at radius 3 is 2.58 bits per heavy atom. The summed E-state index contributed by atoms with van der Waals surface area (Å²) in [6, 6.07) is 7.30. The maximum atomic E-state index is 6.04. The van der Waals surface area contributed by atoms with E-state index >= 15 is 0 Å². The van der Waals surface area contributed by atoms with E-state index in [4.69, 9.17) is 17.3 Å². The highest BCUT2D eigenvalue weighted by Crippen LogP contribution is 2.26. The van der Waals surface area contributed by atoms with Crippen LogP contribution in [0.2, 0.25) is 5.02 Å². The van der Waals surface area contributed by atoms with Crippen molar-refractivity contribution < 1.29 is 0 Å². The molecule has 4 heteroatoms. The minimum atomic E-state index is 0.416. The Labute approximate surface area is 129 Å². The second kappa shape index (κ2) is 7.07. The molecule has 0 amide bonds. The predicted molar refractivity (Wildman–Crippen MR) is 85.5 cm³/mol. The summed E-state index contributed by atoms with van der Waals surface area (Å²) in [5, 5.41) is 0.774. The van der Waals surface area contributed by atoms with Gasteiger partial charge in [0.05, 0.1) is 5.02 Å². The molecule has 2 rings (SSSR count). The summed E-state index contributed by atoms with van der Waals surface area (Å²) in [5.74, 6) is 0. The third kappa shape index (κ3) is 4.19. The fourth-order valence-corrected chi connectivity index (χ4v) is 3.38. The summed E-state index contributed by atoms with van der Waals surface area (Å²) < 4.78 is 0.980. The van der Waals surface area contributed by atoms with Gasteiger partial charge in [-0.1, -0.05) is 24.6 Å². The molecule has 0 unspecified atom stereocenters. The van der Waals surface area contributed by atoms with E-state index in [1.807, 2.05) is 6.07 Å². The minimum Gasteiger partial charge on any atom is -0.328 e. The van der Waals surface area contributed by atoms with E-state index in [9.17, 15) is 0 Å². The van der Waals surface area contributed by atoms with E-state index < -0.39 is 0 Å². The van der Waals surface area contributed by atoms with Gasteiger partial charge in [0.1, 0.15) is 0 Å². The van der Waals surface area contributed by atoms with Crippen LogP contribution in [0.25, 0.3) is 0 Å². The standard InChI is InChI=1S/C15H22BrClN2/c1-2-19(13-6-4-12(18)5-7-13)10-11-3-8-15(17)14(16)9-11/h3,8-9,12-13H,2,4-7,10,18H2,1H3. The SMILES string of the molecule is CCN(Cc1ccc(Cl)c(Br)c1)C1CCC(N)CC1. The number of halogens is 2. The van der Waals surface area contributed by atoms with Crippen LogP contribution in [0.15, 0.2) is 22.7 Å². The molecule has 0 saturated heterocycles. The van der Waals surface area contributed by atoms with Gasteiger partial charge < -0.3 is 5.73 Å². The van der Waals surface area contributed by atoms with Crippen molar-refractivity contribution in [3.8, 4) is 0 Å². The van der Waals surface area contributed by atoms with Crippen LogP contribution in [0.5, 0.6) is 0 Å². The van der Waals surface area contributed by atoms with Gasteiger partial charge in [-0.3, -0.25) is 4.90 Å². The zero-order valence-corrected chi connectivity index (χ0v) is 13.8. The van der Waals surface area contributed by atoms with E-state index in [1.165, 1.54) is 18.4 Å². The third-order valence-electron chi connectivity index (χ3n) is 4.03. The van der Waals surface area contributed by atoms with E-state index in [1.54, 1.807) is 0 Å². The Hall–Kier alpha value is -0.0900. The molecule has 0 bridgehead atoms. The molecule has 2 nitrogen and oxygen atoms in total. The molecule has 106 valence electrons. The van der Waals surface area contributed by atoms with Crippen LogP contribution in [0, 0.1) is 0 Å². The Bertz CT molecular complexity index is 417. The quantitative estimate of drug-likeness (QED) is 0.886. The lowest BCUT2D eigenvalue weighted by Gasteiger charge is -2.35. The Kier molecular flexibility index (Phi) is 5.70. The average Bonchev–Trinajstić information content (AvgIpc) is 2.41. The van der Waals surface area contributed by atoms with E-state index in [2.05, 4.69) is 39.9 Å². The van der Waals surface area contributed by atoms with Crippen LogP contribution in [0.3, 0.4) is 0 Å². The molecule has 0 atom stereocenters. The number of benzene rings is 1. The Morgan fingerprint density at radius 2 is 2.00 bits per heavy atom. The maximum absolute atomic E-state index is 6.04. The number of nitrogens with zero attached hydrogens (tertiary/aromatic N) is 1. The van der Waals surface area contributed by atoms with Gasteiger partial charge >= 0.3 is 0 Å². The predicted octanol–water partition coefficient (Wildman–Crippen LogP) is 4.19. The summed E-state index contributed by atoms with van der Waals surface area (Å²) in [4.78, 5) is 2.56. The molecule has 19 heavy (non-hydrogen) atoms. The number of hydrogen-bond acceptors (Lipinski definition) is 2. The van der Waals surface area contributed by atoms with Gasteiger partial charge in [-0.15, -0.1) is 0 Å². The molecule has 0 aromatic heterocycles. The van der Waals surface area contributed by atoms with Gasteiger partial charge in [-0.25, -0.2) is 0 Å². The van der Waals surface area contributed by atoms with Crippen LogP contribution < -0.4 is 5.73 Å². The van der Waals surface area contributed by atoms with Gasteiger partial charge in [-0.05, 0) is 65.9 Å². The highest BCUT2D eigenvalue weighted by atomic mass is 79.9.